The highest BCUT2D eigenvalue weighted by Crippen LogP contribution is 2.27. The summed E-state index contributed by atoms with van der Waals surface area (Å²) < 4.78 is 2.15. The number of hydrogen-bond donors (Lipinski definition) is 1. The molecule has 0 aliphatic carbocycles. The second-order valence-corrected chi connectivity index (χ2v) is 7.48. The van der Waals surface area contributed by atoms with E-state index in [-0.39, 0.29) is 10.7 Å². The highest BCUT2D eigenvalue weighted by molar-refractivity contribution is 7.80. The topological polar surface area (TPSA) is 54.3 Å². The number of fused-ring (bicyclic) bond motifs is 1. The number of carbonyl (C=O) groups is 2. The molecule has 1 saturated heterocycles. The largest absolute Gasteiger partial charge is 0.347 e. The van der Waals surface area contributed by atoms with Gasteiger partial charge in [-0.05, 0) is 49.8 Å². The maximum Gasteiger partial charge on any atom is 0.270 e. The Labute approximate surface area is 174 Å². The lowest BCUT2D eigenvalue weighted by atomic mass is 10.1. The first-order chi connectivity index (χ1) is 14.0. The van der Waals surface area contributed by atoms with Crippen molar-refractivity contribution in [3.63, 3.8) is 0 Å². The molecule has 6 heteroatoms. The summed E-state index contributed by atoms with van der Waals surface area (Å²) in [5, 5.41) is 3.74. The summed E-state index contributed by atoms with van der Waals surface area (Å²) >= 11 is 5.27. The van der Waals surface area contributed by atoms with Crippen molar-refractivity contribution in [2.24, 2.45) is 0 Å². The number of nitrogens with one attached hydrogen (secondary N) is 1. The number of aryl methyl sites for hydroxylation is 2. The standard InChI is InChI=1S/C23H21N3O2S/c1-3-12-25-14-16(18-6-4-5-7-20(18)25)13-19-21(27)24-23(29)26(22(19)28)17-10-8-15(2)9-11-17/h4-11,13-14H,3,12H2,1-2H3,(H,24,27,29)/b19-13+. The molecule has 1 fully saturated rings. The van der Waals surface area contributed by atoms with Crippen LogP contribution in [-0.2, 0) is 16.1 Å². The number of hydrogen-bond acceptors (Lipinski definition) is 3. The summed E-state index contributed by atoms with van der Waals surface area (Å²) in [5.74, 6) is -0.898. The first-order valence-corrected chi connectivity index (χ1v) is 9.96. The first kappa shape index (κ1) is 19.1. The van der Waals surface area contributed by atoms with Crippen LogP contribution >= 0.6 is 12.2 Å². The van der Waals surface area contributed by atoms with Gasteiger partial charge >= 0.3 is 0 Å². The molecule has 5 nitrogen and oxygen atoms in total. The van der Waals surface area contributed by atoms with Gasteiger partial charge in [0.25, 0.3) is 11.8 Å². The van der Waals surface area contributed by atoms with Crippen LogP contribution in [-0.4, -0.2) is 21.5 Å². The Morgan fingerprint density at radius 2 is 1.79 bits per heavy atom. The van der Waals surface area contributed by atoms with Gasteiger partial charge in [-0.1, -0.05) is 42.8 Å². The Kier molecular flexibility index (Phi) is 5.03. The monoisotopic (exact) mass is 403 g/mol. The van der Waals surface area contributed by atoms with E-state index < -0.39 is 11.8 Å². The minimum atomic E-state index is -0.476. The van der Waals surface area contributed by atoms with Crippen molar-refractivity contribution in [1.29, 1.82) is 0 Å². The van der Waals surface area contributed by atoms with E-state index in [0.717, 1.165) is 35.0 Å². The van der Waals surface area contributed by atoms with Crippen LogP contribution in [0.2, 0.25) is 0 Å². The van der Waals surface area contributed by atoms with Gasteiger partial charge < -0.3 is 4.57 Å². The highest BCUT2D eigenvalue weighted by Gasteiger charge is 2.34. The number of benzene rings is 2. The molecule has 0 radical (unpaired) electrons. The van der Waals surface area contributed by atoms with Crippen LogP contribution in [0.25, 0.3) is 17.0 Å². The molecule has 1 aromatic heterocycles. The third-order valence-corrected chi connectivity index (χ3v) is 5.26. The summed E-state index contributed by atoms with van der Waals surface area (Å²) in [7, 11) is 0. The van der Waals surface area contributed by atoms with Crippen LogP contribution in [0.3, 0.4) is 0 Å². The molecule has 2 heterocycles. The lowest BCUT2D eigenvalue weighted by Crippen LogP contribution is -2.54. The van der Waals surface area contributed by atoms with E-state index in [1.165, 1.54) is 4.90 Å². The summed E-state index contributed by atoms with van der Waals surface area (Å²) in [6.45, 7) is 4.95. The molecule has 0 saturated carbocycles. The second kappa shape index (κ2) is 7.64. The maximum absolute atomic E-state index is 13.2. The van der Waals surface area contributed by atoms with E-state index in [9.17, 15) is 9.59 Å². The SMILES string of the molecule is CCCn1cc(/C=C2\C(=O)NC(=S)N(c3ccc(C)cc3)C2=O)c2ccccc21. The summed E-state index contributed by atoms with van der Waals surface area (Å²) in [6, 6.07) is 15.4. The average molecular weight is 404 g/mol. The lowest BCUT2D eigenvalue weighted by molar-refractivity contribution is -0.122. The first-order valence-electron chi connectivity index (χ1n) is 9.55. The number of amides is 2. The van der Waals surface area contributed by atoms with Gasteiger partial charge in [-0.2, -0.15) is 0 Å². The van der Waals surface area contributed by atoms with Gasteiger partial charge in [-0.3, -0.25) is 19.8 Å². The molecule has 0 spiro atoms. The third-order valence-electron chi connectivity index (χ3n) is 4.98. The lowest BCUT2D eigenvalue weighted by Gasteiger charge is -2.29. The molecule has 2 amide bonds. The molecule has 0 bridgehead atoms. The average Bonchev–Trinajstić information content (AvgIpc) is 3.04. The molecule has 1 N–H and O–H groups in total. The summed E-state index contributed by atoms with van der Waals surface area (Å²) in [5.41, 5.74) is 3.69. The molecule has 1 aliphatic heterocycles. The fourth-order valence-electron chi connectivity index (χ4n) is 3.56. The molecule has 146 valence electrons. The van der Waals surface area contributed by atoms with Crippen molar-refractivity contribution in [3.8, 4) is 0 Å². The van der Waals surface area contributed by atoms with Gasteiger partial charge in [0.05, 0.1) is 5.69 Å². The molecule has 4 rings (SSSR count). The van der Waals surface area contributed by atoms with E-state index in [1.807, 2.05) is 61.7 Å². The Bertz CT molecular complexity index is 1160. The Morgan fingerprint density at radius 3 is 2.52 bits per heavy atom. The second-order valence-electron chi connectivity index (χ2n) is 7.09. The number of carbonyl (C=O) groups excluding carboxylic acids is 2. The number of nitrogens with zero attached hydrogens (tertiary/aromatic N) is 2. The van der Waals surface area contributed by atoms with Gasteiger partial charge in [0.15, 0.2) is 5.11 Å². The van der Waals surface area contributed by atoms with Crippen molar-refractivity contribution in [2.75, 3.05) is 4.90 Å². The number of para-hydroxylation sites is 1. The van der Waals surface area contributed by atoms with E-state index in [4.69, 9.17) is 12.2 Å². The van der Waals surface area contributed by atoms with Crippen molar-refractivity contribution >= 4 is 51.8 Å². The molecular formula is C23H21N3O2S. The zero-order valence-electron chi connectivity index (χ0n) is 16.3. The normalized spacial score (nSPS) is 16.0. The number of thiocarbonyl (C=S) groups is 1. The molecule has 2 aromatic carbocycles. The Morgan fingerprint density at radius 1 is 1.07 bits per heavy atom. The quantitative estimate of drug-likeness (QED) is 0.404. The van der Waals surface area contributed by atoms with Crippen molar-refractivity contribution < 1.29 is 9.59 Å². The number of rotatable bonds is 4. The molecule has 3 aromatic rings. The number of anilines is 1. The van der Waals surface area contributed by atoms with Crippen LogP contribution in [0.5, 0.6) is 0 Å². The minimum absolute atomic E-state index is 0.0681. The molecular weight excluding hydrogens is 382 g/mol. The van der Waals surface area contributed by atoms with Crippen LogP contribution < -0.4 is 10.2 Å². The van der Waals surface area contributed by atoms with E-state index >= 15 is 0 Å². The molecule has 0 atom stereocenters. The van der Waals surface area contributed by atoms with Gasteiger partial charge in [-0.15, -0.1) is 0 Å². The smallest absolute Gasteiger partial charge is 0.270 e. The van der Waals surface area contributed by atoms with E-state index in [2.05, 4.69) is 16.8 Å². The third kappa shape index (κ3) is 3.47. The Balaban J connectivity index is 1.79. The van der Waals surface area contributed by atoms with Gasteiger partial charge in [-0.25, -0.2) is 0 Å². The Hall–Kier alpha value is -3.25. The predicted octanol–water partition coefficient (Wildman–Crippen LogP) is 4.19. The van der Waals surface area contributed by atoms with E-state index in [1.54, 1.807) is 6.08 Å². The van der Waals surface area contributed by atoms with Gasteiger partial charge in [0.2, 0.25) is 0 Å². The van der Waals surface area contributed by atoms with Crippen molar-refractivity contribution in [2.45, 2.75) is 26.8 Å². The minimum Gasteiger partial charge on any atom is -0.347 e. The summed E-state index contributed by atoms with van der Waals surface area (Å²) in [4.78, 5) is 27.2. The summed E-state index contributed by atoms with van der Waals surface area (Å²) in [6.07, 6.45) is 4.64. The fourth-order valence-corrected chi connectivity index (χ4v) is 3.84. The van der Waals surface area contributed by atoms with Gasteiger partial charge in [0, 0.05) is 29.2 Å². The van der Waals surface area contributed by atoms with Crippen molar-refractivity contribution in [3.05, 3.63) is 71.4 Å². The molecule has 1 aliphatic rings. The number of aromatic nitrogens is 1. The van der Waals surface area contributed by atoms with Crippen LogP contribution in [0.4, 0.5) is 5.69 Å². The maximum atomic E-state index is 13.2. The van der Waals surface area contributed by atoms with Crippen LogP contribution in [0, 0.1) is 6.92 Å². The predicted molar refractivity (Wildman–Crippen MR) is 120 cm³/mol. The van der Waals surface area contributed by atoms with Gasteiger partial charge in [0.1, 0.15) is 5.57 Å². The highest BCUT2D eigenvalue weighted by atomic mass is 32.1. The van der Waals surface area contributed by atoms with Crippen LogP contribution in [0.15, 0.2) is 60.3 Å². The molecule has 29 heavy (non-hydrogen) atoms. The van der Waals surface area contributed by atoms with E-state index in [0.29, 0.717) is 5.69 Å². The zero-order valence-corrected chi connectivity index (χ0v) is 17.1. The van der Waals surface area contributed by atoms with Crippen LogP contribution in [0.1, 0.15) is 24.5 Å². The fraction of sp³-hybridized carbons (Fsp3) is 0.174. The van der Waals surface area contributed by atoms with Crippen molar-refractivity contribution in [1.82, 2.24) is 9.88 Å². The molecule has 0 unspecified atom stereocenters. The zero-order chi connectivity index (χ0) is 20.5.